The molecular weight excluding hydrogens is 414 g/mol. The summed E-state index contributed by atoms with van der Waals surface area (Å²) in [6, 6.07) is 24.8. The van der Waals surface area contributed by atoms with Gasteiger partial charge in [0.05, 0.1) is 30.8 Å². The highest BCUT2D eigenvalue weighted by atomic mass is 16.5. The molecule has 1 atom stereocenters. The highest BCUT2D eigenvalue weighted by Gasteiger charge is 2.19. The number of aromatic nitrogens is 2. The van der Waals surface area contributed by atoms with Gasteiger partial charge in [-0.3, -0.25) is 4.79 Å². The number of aryl methyl sites for hydroxylation is 1. The minimum Gasteiger partial charge on any atom is -0.497 e. The van der Waals surface area contributed by atoms with Crippen molar-refractivity contribution in [3.63, 3.8) is 0 Å². The highest BCUT2D eigenvalue weighted by molar-refractivity contribution is 5.94. The summed E-state index contributed by atoms with van der Waals surface area (Å²) in [4.78, 5) is 17.7. The Morgan fingerprint density at radius 3 is 2.55 bits per heavy atom. The van der Waals surface area contributed by atoms with Crippen LogP contribution in [0.5, 0.6) is 11.5 Å². The number of hydrogen-bond acceptors (Lipinski definition) is 4. The second-order valence-corrected chi connectivity index (χ2v) is 7.91. The minimum absolute atomic E-state index is 0.156. The van der Waals surface area contributed by atoms with Crippen molar-refractivity contribution in [1.82, 2.24) is 14.9 Å². The molecule has 0 aliphatic rings. The summed E-state index contributed by atoms with van der Waals surface area (Å²) in [6.07, 6.45) is 1.86. The molecule has 4 rings (SSSR count). The van der Waals surface area contributed by atoms with Crippen LogP contribution in [0.4, 0.5) is 0 Å². The molecule has 0 aliphatic carbocycles. The summed E-state index contributed by atoms with van der Waals surface area (Å²) in [5.41, 5.74) is 2.55. The monoisotopic (exact) mass is 443 g/mol. The molecule has 170 valence electrons. The van der Waals surface area contributed by atoms with E-state index in [1.165, 1.54) is 0 Å². The number of carbonyl (C=O) groups excluding carboxylic acids is 1. The maximum atomic E-state index is 12.8. The Morgan fingerprint density at radius 2 is 1.73 bits per heavy atom. The standard InChI is InChI=1S/C27H29N3O3/c1-20(28-27(31)21-11-10-14-23(19-21)32-2)26-29-24-15-6-7-16-25(24)30(26)17-8-9-18-33-22-12-4-3-5-13-22/h3-7,10-16,19-20H,8-9,17-18H2,1-2H3,(H,28,31). The van der Waals surface area contributed by atoms with Crippen LogP contribution in [-0.4, -0.2) is 29.2 Å². The molecule has 1 N–H and O–H groups in total. The predicted molar refractivity (Wildman–Crippen MR) is 130 cm³/mol. The Bertz CT molecular complexity index is 1200. The molecule has 0 bridgehead atoms. The number of fused-ring (bicyclic) bond motifs is 1. The molecule has 0 saturated heterocycles. The van der Waals surface area contributed by atoms with E-state index in [4.69, 9.17) is 14.5 Å². The van der Waals surface area contributed by atoms with Gasteiger partial charge in [0, 0.05) is 12.1 Å². The molecular formula is C27H29N3O3. The van der Waals surface area contributed by atoms with Gasteiger partial charge in [0.25, 0.3) is 5.91 Å². The van der Waals surface area contributed by atoms with Gasteiger partial charge in [-0.2, -0.15) is 0 Å². The van der Waals surface area contributed by atoms with Crippen LogP contribution >= 0.6 is 0 Å². The molecule has 0 radical (unpaired) electrons. The molecule has 4 aromatic rings. The topological polar surface area (TPSA) is 65.4 Å². The number of amides is 1. The number of carbonyl (C=O) groups is 1. The number of hydrogen-bond donors (Lipinski definition) is 1. The van der Waals surface area contributed by atoms with Crippen LogP contribution < -0.4 is 14.8 Å². The minimum atomic E-state index is -0.253. The van der Waals surface area contributed by atoms with Crippen molar-refractivity contribution in [2.45, 2.75) is 32.4 Å². The molecule has 1 unspecified atom stereocenters. The van der Waals surface area contributed by atoms with Crippen molar-refractivity contribution in [3.8, 4) is 11.5 Å². The normalized spacial score (nSPS) is 11.8. The number of nitrogens with zero attached hydrogens (tertiary/aromatic N) is 2. The average Bonchev–Trinajstić information content (AvgIpc) is 3.23. The molecule has 6 heteroatoms. The molecule has 0 aliphatic heterocycles. The van der Waals surface area contributed by atoms with Gasteiger partial charge in [-0.1, -0.05) is 36.4 Å². The van der Waals surface area contributed by atoms with Crippen molar-refractivity contribution in [2.24, 2.45) is 0 Å². The van der Waals surface area contributed by atoms with E-state index in [1.807, 2.05) is 67.6 Å². The molecule has 3 aromatic carbocycles. The van der Waals surface area contributed by atoms with Gasteiger partial charge in [-0.25, -0.2) is 4.98 Å². The first-order valence-electron chi connectivity index (χ1n) is 11.2. The van der Waals surface area contributed by atoms with Crippen LogP contribution in [0.2, 0.25) is 0 Å². The number of rotatable bonds is 10. The summed E-state index contributed by atoms with van der Waals surface area (Å²) >= 11 is 0. The van der Waals surface area contributed by atoms with Crippen LogP contribution in [0.15, 0.2) is 78.9 Å². The molecule has 1 amide bonds. The third kappa shape index (κ3) is 5.52. The number of unbranched alkanes of at least 4 members (excludes halogenated alkanes) is 1. The molecule has 0 saturated carbocycles. The zero-order chi connectivity index (χ0) is 23.0. The van der Waals surface area contributed by atoms with Crippen molar-refractivity contribution >= 4 is 16.9 Å². The van der Waals surface area contributed by atoms with Crippen molar-refractivity contribution in [2.75, 3.05) is 13.7 Å². The Labute approximate surface area is 194 Å². The quantitative estimate of drug-likeness (QED) is 0.334. The fourth-order valence-electron chi connectivity index (χ4n) is 3.85. The lowest BCUT2D eigenvalue weighted by molar-refractivity contribution is 0.0937. The number of benzene rings is 3. The summed E-state index contributed by atoms with van der Waals surface area (Å²) < 4.78 is 13.3. The fraction of sp³-hybridized carbons (Fsp3) is 0.259. The second-order valence-electron chi connectivity index (χ2n) is 7.91. The smallest absolute Gasteiger partial charge is 0.251 e. The first-order chi connectivity index (χ1) is 16.2. The van der Waals surface area contributed by atoms with E-state index in [1.54, 1.807) is 19.2 Å². The van der Waals surface area contributed by atoms with Gasteiger partial charge in [0.2, 0.25) is 0 Å². The largest absolute Gasteiger partial charge is 0.497 e. The number of nitrogens with one attached hydrogen (secondary N) is 1. The van der Waals surface area contributed by atoms with Crippen LogP contribution in [0, 0.1) is 0 Å². The van der Waals surface area contributed by atoms with Gasteiger partial charge in [0.1, 0.15) is 17.3 Å². The number of para-hydroxylation sites is 3. The van der Waals surface area contributed by atoms with E-state index in [0.29, 0.717) is 17.9 Å². The van der Waals surface area contributed by atoms with E-state index < -0.39 is 0 Å². The van der Waals surface area contributed by atoms with E-state index in [-0.39, 0.29) is 11.9 Å². The van der Waals surface area contributed by atoms with Gasteiger partial charge in [-0.15, -0.1) is 0 Å². The Kier molecular flexibility index (Phi) is 7.25. The summed E-state index contributed by atoms with van der Waals surface area (Å²) in [5, 5.41) is 3.09. The predicted octanol–water partition coefficient (Wildman–Crippen LogP) is 5.40. The lowest BCUT2D eigenvalue weighted by Crippen LogP contribution is -2.28. The van der Waals surface area contributed by atoms with Gasteiger partial charge in [-0.05, 0) is 62.2 Å². The van der Waals surface area contributed by atoms with Crippen LogP contribution in [0.1, 0.15) is 42.0 Å². The van der Waals surface area contributed by atoms with Gasteiger partial charge in [0.15, 0.2) is 0 Å². The molecule has 1 heterocycles. The molecule has 6 nitrogen and oxygen atoms in total. The van der Waals surface area contributed by atoms with Crippen molar-refractivity contribution in [3.05, 3.63) is 90.3 Å². The first kappa shape index (κ1) is 22.4. The number of ether oxygens (including phenoxy) is 2. The third-order valence-corrected chi connectivity index (χ3v) is 5.54. The highest BCUT2D eigenvalue weighted by Crippen LogP contribution is 2.22. The van der Waals surface area contributed by atoms with Crippen LogP contribution in [0.3, 0.4) is 0 Å². The maximum Gasteiger partial charge on any atom is 0.251 e. The number of methoxy groups -OCH3 is 1. The lowest BCUT2D eigenvalue weighted by Gasteiger charge is -2.17. The van der Waals surface area contributed by atoms with Crippen molar-refractivity contribution < 1.29 is 14.3 Å². The average molecular weight is 444 g/mol. The Morgan fingerprint density at radius 1 is 0.970 bits per heavy atom. The Balaban J connectivity index is 1.44. The van der Waals surface area contributed by atoms with Crippen LogP contribution in [-0.2, 0) is 6.54 Å². The second kappa shape index (κ2) is 10.7. The maximum absolute atomic E-state index is 12.8. The molecule has 0 fully saturated rings. The van der Waals surface area contributed by atoms with Crippen LogP contribution in [0.25, 0.3) is 11.0 Å². The summed E-state index contributed by atoms with van der Waals surface area (Å²) in [6.45, 7) is 3.43. The van der Waals surface area contributed by atoms with E-state index in [2.05, 4.69) is 16.0 Å². The zero-order valence-corrected chi connectivity index (χ0v) is 19.0. The van der Waals surface area contributed by atoms with Gasteiger partial charge < -0.3 is 19.4 Å². The Hall–Kier alpha value is -3.80. The van der Waals surface area contributed by atoms with E-state index >= 15 is 0 Å². The molecule has 0 spiro atoms. The SMILES string of the molecule is COc1cccc(C(=O)NC(C)c2nc3ccccc3n2CCCCOc2ccccc2)c1. The van der Waals surface area contributed by atoms with E-state index in [9.17, 15) is 4.79 Å². The lowest BCUT2D eigenvalue weighted by atomic mass is 10.2. The zero-order valence-electron chi connectivity index (χ0n) is 19.0. The third-order valence-electron chi connectivity index (χ3n) is 5.54. The summed E-state index contributed by atoms with van der Waals surface area (Å²) in [5.74, 6) is 2.23. The first-order valence-corrected chi connectivity index (χ1v) is 11.2. The van der Waals surface area contributed by atoms with Gasteiger partial charge >= 0.3 is 0 Å². The van der Waals surface area contributed by atoms with Crippen molar-refractivity contribution in [1.29, 1.82) is 0 Å². The molecule has 1 aromatic heterocycles. The summed E-state index contributed by atoms with van der Waals surface area (Å²) in [7, 11) is 1.59. The number of imidazole rings is 1. The fourth-order valence-corrected chi connectivity index (χ4v) is 3.85. The van der Waals surface area contributed by atoms with E-state index in [0.717, 1.165) is 42.0 Å². The molecule has 33 heavy (non-hydrogen) atoms.